The molecule has 0 bridgehead atoms. The van der Waals surface area contributed by atoms with Crippen molar-refractivity contribution in [3.05, 3.63) is 41.6 Å². The van der Waals surface area contributed by atoms with Crippen molar-refractivity contribution in [2.75, 3.05) is 6.61 Å². The number of alkyl halides is 2. The minimum absolute atomic E-state index is 0.0625. The molecule has 1 N–H and O–H groups in total. The Morgan fingerprint density at radius 3 is 2.68 bits per heavy atom. The average Bonchev–Trinajstić information content (AvgIpc) is 2.95. The number of hydrogen-bond acceptors (Lipinski definition) is 5. The quantitative estimate of drug-likeness (QED) is 0.796. The number of nitrogens with one attached hydrogen (secondary N) is 1. The van der Waals surface area contributed by atoms with Crippen LogP contribution in [0.25, 0.3) is 0 Å². The number of aromatic amines is 1. The van der Waals surface area contributed by atoms with Gasteiger partial charge in [0.25, 0.3) is 0 Å². The van der Waals surface area contributed by atoms with Crippen LogP contribution < -0.4 is 9.47 Å². The number of carbonyl (C=O) groups is 1. The lowest BCUT2D eigenvalue weighted by Crippen LogP contribution is -2.06. The first-order valence-electron chi connectivity index (χ1n) is 6.47. The summed E-state index contributed by atoms with van der Waals surface area (Å²) in [5, 5.41) is 6.29. The highest BCUT2D eigenvalue weighted by molar-refractivity contribution is 5.91. The van der Waals surface area contributed by atoms with Crippen LogP contribution >= 0.6 is 0 Å². The topological polar surface area (TPSA) is 73.4 Å². The van der Waals surface area contributed by atoms with Crippen LogP contribution in [0.1, 0.15) is 22.8 Å². The molecule has 0 atom stereocenters. The van der Waals surface area contributed by atoms with Crippen molar-refractivity contribution in [1.29, 1.82) is 0 Å². The summed E-state index contributed by atoms with van der Waals surface area (Å²) in [6.07, 6.45) is 1.31. The standard InChI is InChI=1S/C14H14F2N2O4/c1-2-20-13(19)11-7-17-18-12(11)21-8-9-3-5-10(6-4-9)22-14(15)16/h3-7,14H,2,8H2,1H3,(H,17,18). The number of ether oxygens (including phenoxy) is 3. The second kappa shape index (κ2) is 7.39. The highest BCUT2D eigenvalue weighted by Gasteiger charge is 2.16. The third-order valence-electron chi connectivity index (χ3n) is 2.63. The van der Waals surface area contributed by atoms with E-state index >= 15 is 0 Å². The van der Waals surface area contributed by atoms with Crippen molar-refractivity contribution in [3.8, 4) is 11.6 Å². The third kappa shape index (κ3) is 4.18. The summed E-state index contributed by atoms with van der Waals surface area (Å²) >= 11 is 0. The van der Waals surface area contributed by atoms with Crippen LogP contribution in [-0.4, -0.2) is 29.4 Å². The van der Waals surface area contributed by atoms with Crippen molar-refractivity contribution < 1.29 is 27.8 Å². The van der Waals surface area contributed by atoms with E-state index in [0.717, 1.165) is 0 Å². The zero-order chi connectivity index (χ0) is 15.9. The molecule has 1 aromatic heterocycles. The lowest BCUT2D eigenvalue weighted by Gasteiger charge is -2.08. The van der Waals surface area contributed by atoms with Crippen molar-refractivity contribution >= 4 is 5.97 Å². The molecule has 0 unspecified atom stereocenters. The molecule has 0 aliphatic rings. The van der Waals surface area contributed by atoms with Crippen molar-refractivity contribution in [1.82, 2.24) is 10.2 Å². The van der Waals surface area contributed by atoms with Crippen molar-refractivity contribution in [3.63, 3.8) is 0 Å². The van der Waals surface area contributed by atoms with Gasteiger partial charge in [0.2, 0.25) is 5.88 Å². The number of hydrogen-bond donors (Lipinski definition) is 1. The van der Waals surface area contributed by atoms with Gasteiger partial charge in [-0.2, -0.15) is 13.9 Å². The zero-order valence-electron chi connectivity index (χ0n) is 11.7. The van der Waals surface area contributed by atoms with Gasteiger partial charge in [-0.25, -0.2) is 9.89 Å². The average molecular weight is 312 g/mol. The van der Waals surface area contributed by atoms with E-state index in [4.69, 9.17) is 9.47 Å². The normalized spacial score (nSPS) is 10.5. The summed E-state index contributed by atoms with van der Waals surface area (Å²) in [6.45, 7) is -0.792. The van der Waals surface area contributed by atoms with E-state index in [1.807, 2.05) is 0 Å². The van der Waals surface area contributed by atoms with Gasteiger partial charge in [-0.1, -0.05) is 12.1 Å². The fraction of sp³-hybridized carbons (Fsp3) is 0.286. The van der Waals surface area contributed by atoms with E-state index in [-0.39, 0.29) is 30.4 Å². The number of halogens is 2. The van der Waals surface area contributed by atoms with Crippen LogP contribution in [0.15, 0.2) is 30.5 Å². The minimum Gasteiger partial charge on any atom is -0.472 e. The minimum atomic E-state index is -2.86. The molecule has 0 saturated heterocycles. The lowest BCUT2D eigenvalue weighted by molar-refractivity contribution is -0.0498. The Morgan fingerprint density at radius 1 is 1.32 bits per heavy atom. The van der Waals surface area contributed by atoms with Crippen LogP contribution in [0.3, 0.4) is 0 Å². The van der Waals surface area contributed by atoms with Crippen molar-refractivity contribution in [2.45, 2.75) is 20.1 Å². The maximum atomic E-state index is 12.0. The molecular weight excluding hydrogens is 298 g/mol. The largest absolute Gasteiger partial charge is 0.472 e. The second-order valence-corrected chi connectivity index (χ2v) is 4.14. The summed E-state index contributed by atoms with van der Waals surface area (Å²) in [5.74, 6) is -0.286. The summed E-state index contributed by atoms with van der Waals surface area (Å²) in [5.41, 5.74) is 0.908. The van der Waals surface area contributed by atoms with Gasteiger partial charge in [0.1, 0.15) is 17.9 Å². The van der Waals surface area contributed by atoms with Gasteiger partial charge in [0.05, 0.1) is 12.8 Å². The summed E-state index contributed by atoms with van der Waals surface area (Å²) in [6, 6.07) is 5.98. The first kappa shape index (κ1) is 15.7. The number of nitrogens with zero attached hydrogens (tertiary/aromatic N) is 1. The van der Waals surface area contributed by atoms with E-state index in [2.05, 4.69) is 14.9 Å². The van der Waals surface area contributed by atoms with E-state index in [9.17, 15) is 13.6 Å². The molecule has 0 aliphatic carbocycles. The summed E-state index contributed by atoms with van der Waals surface area (Å²) in [7, 11) is 0. The molecule has 0 spiro atoms. The first-order valence-corrected chi connectivity index (χ1v) is 6.47. The fourth-order valence-electron chi connectivity index (χ4n) is 1.66. The Hall–Kier alpha value is -2.64. The molecule has 1 heterocycles. The Kier molecular flexibility index (Phi) is 5.29. The van der Waals surface area contributed by atoms with Gasteiger partial charge < -0.3 is 14.2 Å². The Bertz CT molecular complexity index is 614. The maximum absolute atomic E-state index is 12.0. The molecule has 0 aliphatic heterocycles. The van der Waals surface area contributed by atoms with Gasteiger partial charge in [-0.15, -0.1) is 0 Å². The molecular formula is C14H14F2N2O4. The maximum Gasteiger partial charge on any atom is 0.387 e. The molecule has 0 radical (unpaired) electrons. The Labute approximate surface area is 125 Å². The highest BCUT2D eigenvalue weighted by atomic mass is 19.3. The number of carbonyl (C=O) groups excluding carboxylic acids is 1. The molecule has 0 fully saturated rings. The van der Waals surface area contributed by atoms with E-state index in [1.54, 1.807) is 19.1 Å². The molecule has 8 heteroatoms. The molecule has 0 saturated carbocycles. The summed E-state index contributed by atoms with van der Waals surface area (Å²) < 4.78 is 38.6. The van der Waals surface area contributed by atoms with Crippen LogP contribution in [-0.2, 0) is 11.3 Å². The molecule has 118 valence electrons. The molecule has 0 amide bonds. The molecule has 2 aromatic rings. The van der Waals surface area contributed by atoms with E-state index < -0.39 is 12.6 Å². The van der Waals surface area contributed by atoms with Gasteiger partial charge in [0, 0.05) is 0 Å². The molecule has 2 rings (SSSR count). The van der Waals surface area contributed by atoms with Crippen molar-refractivity contribution in [2.24, 2.45) is 0 Å². The van der Waals surface area contributed by atoms with E-state index in [0.29, 0.717) is 5.56 Å². The molecule has 1 aromatic carbocycles. The second-order valence-electron chi connectivity index (χ2n) is 4.14. The SMILES string of the molecule is CCOC(=O)c1cn[nH]c1OCc1ccc(OC(F)F)cc1. The number of H-pyrrole nitrogens is 1. The van der Waals surface area contributed by atoms with Gasteiger partial charge in [-0.3, -0.25) is 0 Å². The zero-order valence-corrected chi connectivity index (χ0v) is 11.7. The highest BCUT2D eigenvalue weighted by Crippen LogP contribution is 2.19. The Morgan fingerprint density at radius 2 is 2.05 bits per heavy atom. The molecule has 6 nitrogen and oxygen atoms in total. The lowest BCUT2D eigenvalue weighted by atomic mass is 10.2. The van der Waals surface area contributed by atoms with Crippen LogP contribution in [0.2, 0.25) is 0 Å². The van der Waals surface area contributed by atoms with Gasteiger partial charge >= 0.3 is 12.6 Å². The van der Waals surface area contributed by atoms with E-state index in [1.165, 1.54) is 18.3 Å². The summed E-state index contributed by atoms with van der Waals surface area (Å²) in [4.78, 5) is 11.6. The van der Waals surface area contributed by atoms with Gasteiger partial charge in [0.15, 0.2) is 0 Å². The van der Waals surface area contributed by atoms with Crippen LogP contribution in [0, 0.1) is 0 Å². The predicted molar refractivity (Wildman–Crippen MR) is 72.0 cm³/mol. The monoisotopic (exact) mass is 312 g/mol. The number of rotatable bonds is 7. The van der Waals surface area contributed by atoms with Crippen LogP contribution in [0.5, 0.6) is 11.6 Å². The predicted octanol–water partition coefficient (Wildman–Crippen LogP) is 2.77. The number of esters is 1. The van der Waals surface area contributed by atoms with Gasteiger partial charge in [-0.05, 0) is 24.6 Å². The number of aromatic nitrogens is 2. The van der Waals surface area contributed by atoms with Crippen LogP contribution in [0.4, 0.5) is 8.78 Å². The third-order valence-corrected chi connectivity index (χ3v) is 2.63. The fourth-order valence-corrected chi connectivity index (χ4v) is 1.66. The Balaban J connectivity index is 1.96. The smallest absolute Gasteiger partial charge is 0.387 e. The first-order chi connectivity index (χ1) is 10.6. The molecule has 22 heavy (non-hydrogen) atoms. The number of benzene rings is 1.